The van der Waals surface area contributed by atoms with E-state index in [4.69, 9.17) is 4.74 Å². The standard InChI is InChI=1S/C15H19N3O2S/c1-11-9-16-15(17-11)13-10-20-7-6-18(13)14(19)5-4-12-3-2-8-21-12/h2-3,8-9,13H,4-7,10H2,1H3,(H,16,17)/t13-/m1/s1. The van der Waals surface area contributed by atoms with Crippen LogP contribution in [0.25, 0.3) is 0 Å². The average Bonchev–Trinajstić information content (AvgIpc) is 3.16. The molecule has 21 heavy (non-hydrogen) atoms. The number of carbonyl (C=O) groups is 1. The van der Waals surface area contributed by atoms with E-state index in [1.807, 2.05) is 23.3 Å². The first-order valence-electron chi connectivity index (χ1n) is 7.15. The summed E-state index contributed by atoms with van der Waals surface area (Å²) < 4.78 is 5.52. The van der Waals surface area contributed by atoms with Gasteiger partial charge in [-0.3, -0.25) is 4.79 Å². The van der Waals surface area contributed by atoms with E-state index in [0.29, 0.717) is 26.2 Å². The molecule has 3 rings (SSSR count). The van der Waals surface area contributed by atoms with E-state index in [1.165, 1.54) is 4.88 Å². The van der Waals surface area contributed by atoms with Gasteiger partial charge in [-0.05, 0) is 24.8 Å². The number of carbonyl (C=O) groups excluding carboxylic acids is 1. The second-order valence-corrected chi connectivity index (χ2v) is 6.24. The molecule has 1 amide bonds. The van der Waals surface area contributed by atoms with Crippen molar-refractivity contribution in [2.24, 2.45) is 0 Å². The van der Waals surface area contributed by atoms with Crippen LogP contribution >= 0.6 is 11.3 Å². The molecule has 0 radical (unpaired) electrons. The third-order valence-electron chi connectivity index (χ3n) is 3.65. The highest BCUT2D eigenvalue weighted by molar-refractivity contribution is 7.09. The van der Waals surface area contributed by atoms with Crippen LogP contribution in [-0.2, 0) is 16.0 Å². The van der Waals surface area contributed by atoms with Gasteiger partial charge in [0.05, 0.1) is 13.2 Å². The third kappa shape index (κ3) is 3.33. The number of aromatic amines is 1. The number of ether oxygens (including phenoxy) is 1. The predicted octanol–water partition coefficient (Wildman–Crippen LogP) is 2.31. The van der Waals surface area contributed by atoms with Gasteiger partial charge in [-0.2, -0.15) is 0 Å². The molecule has 5 nitrogen and oxygen atoms in total. The summed E-state index contributed by atoms with van der Waals surface area (Å²) in [5.41, 5.74) is 1.00. The lowest BCUT2D eigenvalue weighted by molar-refractivity contribution is -0.140. The van der Waals surface area contributed by atoms with Gasteiger partial charge in [0.1, 0.15) is 11.9 Å². The van der Waals surface area contributed by atoms with Crippen LogP contribution in [0.5, 0.6) is 0 Å². The summed E-state index contributed by atoms with van der Waals surface area (Å²) in [6.07, 6.45) is 3.13. The molecule has 1 aliphatic rings. The van der Waals surface area contributed by atoms with Crippen molar-refractivity contribution in [3.63, 3.8) is 0 Å². The lowest BCUT2D eigenvalue weighted by atomic mass is 10.1. The first kappa shape index (κ1) is 14.3. The molecule has 0 saturated carbocycles. The molecule has 0 bridgehead atoms. The van der Waals surface area contributed by atoms with E-state index in [-0.39, 0.29) is 11.9 Å². The van der Waals surface area contributed by atoms with Crippen LogP contribution in [0.1, 0.15) is 28.9 Å². The average molecular weight is 305 g/mol. The quantitative estimate of drug-likeness (QED) is 0.943. The van der Waals surface area contributed by atoms with E-state index < -0.39 is 0 Å². The normalized spacial score (nSPS) is 18.9. The van der Waals surface area contributed by atoms with Gasteiger partial charge in [0, 0.05) is 29.7 Å². The minimum atomic E-state index is -0.0942. The number of aromatic nitrogens is 2. The fourth-order valence-corrected chi connectivity index (χ4v) is 3.27. The van der Waals surface area contributed by atoms with Gasteiger partial charge < -0.3 is 14.6 Å². The van der Waals surface area contributed by atoms with Crippen molar-refractivity contribution in [3.8, 4) is 0 Å². The molecule has 112 valence electrons. The number of nitrogens with zero attached hydrogens (tertiary/aromatic N) is 2. The molecular weight excluding hydrogens is 286 g/mol. The second kappa shape index (κ2) is 6.41. The number of amides is 1. The Hall–Kier alpha value is -1.66. The Bertz CT molecular complexity index is 594. The summed E-state index contributed by atoms with van der Waals surface area (Å²) >= 11 is 1.70. The molecule has 1 N–H and O–H groups in total. The van der Waals surface area contributed by atoms with Gasteiger partial charge in [-0.15, -0.1) is 11.3 Å². The molecule has 2 aromatic rings. The van der Waals surface area contributed by atoms with Crippen molar-refractivity contribution in [2.45, 2.75) is 25.8 Å². The zero-order valence-corrected chi connectivity index (χ0v) is 12.9. The number of rotatable bonds is 4. The molecule has 0 spiro atoms. The number of imidazole rings is 1. The van der Waals surface area contributed by atoms with Crippen molar-refractivity contribution < 1.29 is 9.53 Å². The SMILES string of the molecule is Cc1cnc([C@H]2COCCN2C(=O)CCc2cccs2)[nH]1. The maximum atomic E-state index is 12.5. The molecular formula is C15H19N3O2S. The van der Waals surface area contributed by atoms with Gasteiger partial charge in [0.15, 0.2) is 0 Å². The van der Waals surface area contributed by atoms with Crippen LogP contribution in [0.2, 0.25) is 0 Å². The molecule has 3 heterocycles. The maximum absolute atomic E-state index is 12.5. The van der Waals surface area contributed by atoms with Gasteiger partial charge in [0.25, 0.3) is 0 Å². The van der Waals surface area contributed by atoms with Crippen LogP contribution in [0, 0.1) is 6.92 Å². The van der Waals surface area contributed by atoms with E-state index >= 15 is 0 Å². The zero-order chi connectivity index (χ0) is 14.7. The summed E-state index contributed by atoms with van der Waals surface area (Å²) in [5.74, 6) is 0.988. The molecule has 1 fully saturated rings. The summed E-state index contributed by atoms with van der Waals surface area (Å²) in [6, 6.07) is 4.00. The van der Waals surface area contributed by atoms with Crippen LogP contribution in [-0.4, -0.2) is 40.5 Å². The Balaban J connectivity index is 1.67. The molecule has 0 aliphatic carbocycles. The zero-order valence-electron chi connectivity index (χ0n) is 12.0. The lowest BCUT2D eigenvalue weighted by Crippen LogP contribution is -2.43. The first-order chi connectivity index (χ1) is 10.2. The summed E-state index contributed by atoms with van der Waals surface area (Å²) in [6.45, 7) is 3.70. The Morgan fingerprint density at radius 2 is 2.52 bits per heavy atom. The Kier molecular flexibility index (Phi) is 4.36. The highest BCUT2D eigenvalue weighted by atomic mass is 32.1. The fraction of sp³-hybridized carbons (Fsp3) is 0.467. The first-order valence-corrected chi connectivity index (χ1v) is 8.03. The molecule has 2 aromatic heterocycles. The Morgan fingerprint density at radius 3 is 3.24 bits per heavy atom. The fourth-order valence-electron chi connectivity index (χ4n) is 2.56. The highest BCUT2D eigenvalue weighted by Gasteiger charge is 2.30. The number of nitrogens with one attached hydrogen (secondary N) is 1. The highest BCUT2D eigenvalue weighted by Crippen LogP contribution is 2.23. The smallest absolute Gasteiger partial charge is 0.223 e. The number of hydrogen-bond donors (Lipinski definition) is 1. The molecule has 0 aromatic carbocycles. The van der Waals surface area contributed by atoms with Gasteiger partial charge >= 0.3 is 0 Å². The number of morpholine rings is 1. The van der Waals surface area contributed by atoms with Crippen LogP contribution in [0.4, 0.5) is 0 Å². The topological polar surface area (TPSA) is 58.2 Å². The minimum absolute atomic E-state index is 0.0942. The number of H-pyrrole nitrogens is 1. The van der Waals surface area contributed by atoms with Crippen molar-refractivity contribution in [1.29, 1.82) is 0 Å². The molecule has 0 unspecified atom stereocenters. The summed E-state index contributed by atoms with van der Waals surface area (Å²) in [4.78, 5) is 23.2. The minimum Gasteiger partial charge on any atom is -0.377 e. The second-order valence-electron chi connectivity index (χ2n) is 5.21. The number of thiophene rings is 1. The van der Waals surface area contributed by atoms with Crippen LogP contribution in [0.15, 0.2) is 23.7 Å². The van der Waals surface area contributed by atoms with Gasteiger partial charge in [-0.25, -0.2) is 4.98 Å². The Labute approximate surface area is 128 Å². The van der Waals surface area contributed by atoms with Crippen molar-refractivity contribution in [3.05, 3.63) is 40.1 Å². The molecule has 1 aliphatic heterocycles. The van der Waals surface area contributed by atoms with E-state index in [1.54, 1.807) is 17.5 Å². The van der Waals surface area contributed by atoms with Crippen molar-refractivity contribution >= 4 is 17.2 Å². The van der Waals surface area contributed by atoms with Crippen molar-refractivity contribution in [1.82, 2.24) is 14.9 Å². The van der Waals surface area contributed by atoms with Crippen LogP contribution < -0.4 is 0 Å². The monoisotopic (exact) mass is 305 g/mol. The largest absolute Gasteiger partial charge is 0.377 e. The number of hydrogen-bond acceptors (Lipinski definition) is 4. The van der Waals surface area contributed by atoms with Gasteiger partial charge in [0.2, 0.25) is 5.91 Å². The van der Waals surface area contributed by atoms with Crippen molar-refractivity contribution in [2.75, 3.05) is 19.8 Å². The number of aryl methyl sites for hydroxylation is 2. The Morgan fingerprint density at radius 1 is 1.62 bits per heavy atom. The predicted molar refractivity (Wildman–Crippen MR) is 81.2 cm³/mol. The lowest BCUT2D eigenvalue weighted by Gasteiger charge is -2.34. The molecule has 1 atom stereocenters. The summed E-state index contributed by atoms with van der Waals surface area (Å²) in [7, 11) is 0. The van der Waals surface area contributed by atoms with E-state index in [9.17, 15) is 4.79 Å². The van der Waals surface area contributed by atoms with E-state index in [0.717, 1.165) is 17.9 Å². The van der Waals surface area contributed by atoms with Gasteiger partial charge in [-0.1, -0.05) is 6.07 Å². The molecule has 1 saturated heterocycles. The van der Waals surface area contributed by atoms with Crippen LogP contribution in [0.3, 0.4) is 0 Å². The summed E-state index contributed by atoms with van der Waals surface area (Å²) in [5, 5.41) is 2.04. The van der Waals surface area contributed by atoms with E-state index in [2.05, 4.69) is 16.0 Å². The third-order valence-corrected chi connectivity index (χ3v) is 4.59. The maximum Gasteiger partial charge on any atom is 0.223 e. The molecule has 6 heteroatoms.